The maximum absolute atomic E-state index is 13.7. The number of carbonyl (C=O) groups is 1. The van der Waals surface area contributed by atoms with E-state index < -0.39 is 0 Å². The third kappa shape index (κ3) is 5.20. The molecule has 3 heterocycles. The molecule has 0 saturated carbocycles. The van der Waals surface area contributed by atoms with Crippen molar-refractivity contribution in [1.82, 2.24) is 24.6 Å². The number of aryl methyl sites for hydroxylation is 2. The largest absolute Gasteiger partial charge is 0.352 e. The zero-order chi connectivity index (χ0) is 29.5. The van der Waals surface area contributed by atoms with E-state index in [0.29, 0.717) is 49.6 Å². The number of anilines is 1. The summed E-state index contributed by atoms with van der Waals surface area (Å²) in [6, 6.07) is 28.6. The van der Waals surface area contributed by atoms with Gasteiger partial charge in [-0.2, -0.15) is 5.10 Å². The molecule has 0 spiro atoms. The summed E-state index contributed by atoms with van der Waals surface area (Å²) in [5, 5.41) is 7.86. The molecule has 1 saturated heterocycles. The summed E-state index contributed by atoms with van der Waals surface area (Å²) < 4.78 is 15.5. The predicted octanol–water partition coefficient (Wildman–Crippen LogP) is 6.28. The van der Waals surface area contributed by atoms with E-state index in [1.807, 2.05) is 48.2 Å². The smallest absolute Gasteiger partial charge is 0.253 e. The van der Waals surface area contributed by atoms with Gasteiger partial charge in [0.1, 0.15) is 17.5 Å². The van der Waals surface area contributed by atoms with Gasteiger partial charge in [-0.1, -0.05) is 60.2 Å². The highest BCUT2D eigenvalue weighted by Crippen LogP contribution is 2.30. The molecule has 0 bridgehead atoms. The Hall–Kier alpha value is -5.11. The summed E-state index contributed by atoms with van der Waals surface area (Å²) >= 11 is 0. The summed E-state index contributed by atoms with van der Waals surface area (Å²) in [6.07, 6.45) is 0.567. The number of nitrogens with zero attached hydrogens (tertiary/aromatic N) is 6. The van der Waals surface area contributed by atoms with Crippen LogP contribution in [0.5, 0.6) is 0 Å². The molecule has 1 amide bonds. The molecule has 7 nitrogen and oxygen atoms in total. The summed E-state index contributed by atoms with van der Waals surface area (Å²) in [7, 11) is 0. The van der Waals surface area contributed by atoms with Crippen LogP contribution in [0.25, 0.3) is 27.5 Å². The first-order valence-electron chi connectivity index (χ1n) is 14.5. The number of rotatable bonds is 5. The van der Waals surface area contributed by atoms with E-state index in [-0.39, 0.29) is 11.7 Å². The number of halogens is 1. The van der Waals surface area contributed by atoms with Crippen LogP contribution < -0.4 is 4.90 Å². The van der Waals surface area contributed by atoms with Crippen LogP contribution in [0.1, 0.15) is 33.0 Å². The maximum Gasteiger partial charge on any atom is 0.253 e. The normalized spacial score (nSPS) is 13.7. The lowest BCUT2D eigenvalue weighted by atomic mass is 10.1. The van der Waals surface area contributed by atoms with Gasteiger partial charge >= 0.3 is 0 Å². The fourth-order valence-corrected chi connectivity index (χ4v) is 5.79. The highest BCUT2D eigenvalue weighted by atomic mass is 19.1. The van der Waals surface area contributed by atoms with Crippen molar-refractivity contribution < 1.29 is 9.18 Å². The van der Waals surface area contributed by atoms with Crippen molar-refractivity contribution in [3.63, 3.8) is 0 Å². The van der Waals surface area contributed by atoms with E-state index in [9.17, 15) is 9.18 Å². The van der Waals surface area contributed by atoms with Gasteiger partial charge in [0.15, 0.2) is 5.65 Å². The second kappa shape index (κ2) is 10.9. The van der Waals surface area contributed by atoms with Crippen LogP contribution in [-0.2, 0) is 6.42 Å². The number of fused-ring (bicyclic) bond motifs is 2. The molecular weight excluding hydrogens is 539 g/mol. The fraction of sp³-hybridized carbons (Fsp3) is 0.200. The Labute approximate surface area is 249 Å². The first kappa shape index (κ1) is 26.8. The van der Waals surface area contributed by atoms with Crippen molar-refractivity contribution in [2.45, 2.75) is 20.3 Å². The van der Waals surface area contributed by atoms with Crippen molar-refractivity contribution in [3.05, 3.63) is 125 Å². The third-order valence-electron chi connectivity index (χ3n) is 8.15. The average molecular weight is 571 g/mol. The van der Waals surface area contributed by atoms with Crippen LogP contribution in [0.4, 0.5) is 10.2 Å². The van der Waals surface area contributed by atoms with Crippen molar-refractivity contribution in [2.24, 2.45) is 0 Å². The highest BCUT2D eigenvalue weighted by molar-refractivity contribution is 5.99. The van der Waals surface area contributed by atoms with E-state index in [4.69, 9.17) is 15.1 Å². The van der Waals surface area contributed by atoms with Crippen LogP contribution in [0, 0.1) is 19.7 Å². The third-order valence-corrected chi connectivity index (χ3v) is 8.15. The van der Waals surface area contributed by atoms with Crippen LogP contribution in [0.15, 0.2) is 91.0 Å². The van der Waals surface area contributed by atoms with E-state index in [0.717, 1.165) is 38.9 Å². The molecule has 0 unspecified atom stereocenters. The van der Waals surface area contributed by atoms with Gasteiger partial charge in [-0.05, 0) is 66.6 Å². The van der Waals surface area contributed by atoms with Gasteiger partial charge in [-0.15, -0.1) is 0 Å². The molecule has 1 fully saturated rings. The minimum absolute atomic E-state index is 0.0404. The lowest BCUT2D eigenvalue weighted by Crippen LogP contribution is -2.49. The van der Waals surface area contributed by atoms with E-state index >= 15 is 0 Å². The zero-order valence-electron chi connectivity index (χ0n) is 24.2. The van der Waals surface area contributed by atoms with Crippen molar-refractivity contribution in [3.8, 4) is 5.69 Å². The van der Waals surface area contributed by atoms with Crippen LogP contribution in [0.2, 0.25) is 0 Å². The molecular formula is C35H31FN6O. The molecule has 214 valence electrons. The molecule has 1 aliphatic heterocycles. The van der Waals surface area contributed by atoms with Crippen molar-refractivity contribution >= 4 is 33.5 Å². The maximum atomic E-state index is 13.7. The molecule has 0 N–H and O–H groups in total. The molecule has 1 aliphatic rings. The zero-order valence-corrected chi connectivity index (χ0v) is 24.2. The Bertz CT molecular complexity index is 1960. The Morgan fingerprint density at radius 2 is 1.53 bits per heavy atom. The van der Waals surface area contributed by atoms with Crippen molar-refractivity contribution in [1.29, 1.82) is 0 Å². The Morgan fingerprint density at radius 3 is 2.28 bits per heavy atom. The summed E-state index contributed by atoms with van der Waals surface area (Å²) in [5.74, 6) is 1.24. The number of hydrogen-bond acceptors (Lipinski definition) is 5. The quantitative estimate of drug-likeness (QED) is 0.244. The number of piperazine rings is 1. The van der Waals surface area contributed by atoms with Gasteiger partial charge < -0.3 is 9.80 Å². The molecule has 7 rings (SSSR count). The second-order valence-electron chi connectivity index (χ2n) is 11.1. The van der Waals surface area contributed by atoms with E-state index in [1.165, 1.54) is 17.7 Å². The first-order valence-corrected chi connectivity index (χ1v) is 14.5. The molecule has 6 aromatic rings. The Balaban J connectivity index is 1.21. The van der Waals surface area contributed by atoms with Gasteiger partial charge in [0, 0.05) is 38.2 Å². The predicted molar refractivity (Wildman–Crippen MR) is 167 cm³/mol. The SMILES string of the molecule is Cc1ccc(Cc2nc(N3CCN(C(=O)c4ccc5ccccc5c4)CC3)c3c(C)nn(-c4ccc(F)cc4)c3n2)cc1. The topological polar surface area (TPSA) is 67.2 Å². The molecule has 0 atom stereocenters. The molecule has 8 heteroatoms. The highest BCUT2D eigenvalue weighted by Gasteiger charge is 2.27. The van der Waals surface area contributed by atoms with Crippen LogP contribution in [0.3, 0.4) is 0 Å². The number of carbonyl (C=O) groups excluding carboxylic acids is 1. The van der Waals surface area contributed by atoms with Gasteiger partial charge in [0.05, 0.1) is 16.8 Å². The lowest BCUT2D eigenvalue weighted by molar-refractivity contribution is 0.0746. The van der Waals surface area contributed by atoms with E-state index in [1.54, 1.807) is 16.8 Å². The fourth-order valence-electron chi connectivity index (χ4n) is 5.79. The minimum atomic E-state index is -0.302. The summed E-state index contributed by atoms with van der Waals surface area (Å²) in [4.78, 5) is 27.7. The van der Waals surface area contributed by atoms with Gasteiger partial charge in [-0.25, -0.2) is 19.0 Å². The van der Waals surface area contributed by atoms with Crippen LogP contribution in [-0.4, -0.2) is 56.7 Å². The minimum Gasteiger partial charge on any atom is -0.352 e. The van der Waals surface area contributed by atoms with Gasteiger partial charge in [0.25, 0.3) is 5.91 Å². The Kier molecular flexibility index (Phi) is 6.81. The second-order valence-corrected chi connectivity index (χ2v) is 11.1. The average Bonchev–Trinajstić information content (AvgIpc) is 3.37. The summed E-state index contributed by atoms with van der Waals surface area (Å²) in [5.41, 5.74) is 5.23. The van der Waals surface area contributed by atoms with Gasteiger partial charge in [-0.3, -0.25) is 4.79 Å². The number of hydrogen-bond donors (Lipinski definition) is 0. The number of benzene rings is 4. The monoisotopic (exact) mass is 570 g/mol. The summed E-state index contributed by atoms with van der Waals surface area (Å²) in [6.45, 7) is 6.45. The number of amides is 1. The van der Waals surface area contributed by atoms with E-state index in [2.05, 4.69) is 42.2 Å². The molecule has 0 aliphatic carbocycles. The molecule has 0 radical (unpaired) electrons. The molecule has 43 heavy (non-hydrogen) atoms. The Morgan fingerprint density at radius 1 is 0.814 bits per heavy atom. The van der Waals surface area contributed by atoms with Crippen molar-refractivity contribution in [2.75, 3.05) is 31.1 Å². The molecule has 2 aromatic heterocycles. The standard InChI is InChI=1S/C35H31FN6O/c1-23-7-9-25(10-8-23)21-31-37-33(32-24(2)39-42(34(32)38-31)30-15-13-29(36)14-16-30)40-17-19-41(20-18-40)35(43)28-12-11-26-5-3-4-6-27(26)22-28/h3-16,22H,17-21H2,1-2H3. The number of aromatic nitrogens is 4. The van der Waals surface area contributed by atoms with Gasteiger partial charge in [0.2, 0.25) is 0 Å². The van der Waals surface area contributed by atoms with Crippen LogP contribution >= 0.6 is 0 Å². The molecule has 4 aromatic carbocycles. The first-order chi connectivity index (χ1) is 20.9. The lowest BCUT2D eigenvalue weighted by Gasteiger charge is -2.36.